The molecule has 0 spiro atoms. The monoisotopic (exact) mass is 480 g/mol. The van der Waals surface area contributed by atoms with Gasteiger partial charge in [-0.3, -0.25) is 10.1 Å². The zero-order chi connectivity index (χ0) is 22.6. The molecule has 0 unspecified atom stereocenters. The van der Waals surface area contributed by atoms with Gasteiger partial charge in [-0.2, -0.15) is 0 Å². The van der Waals surface area contributed by atoms with Crippen molar-refractivity contribution in [1.29, 1.82) is 0 Å². The van der Waals surface area contributed by atoms with Crippen molar-refractivity contribution in [3.63, 3.8) is 0 Å². The molecule has 0 fully saturated rings. The van der Waals surface area contributed by atoms with Crippen LogP contribution < -0.4 is 10.0 Å². The minimum Gasteiger partial charge on any atom is -0.296 e. The third-order valence-corrected chi connectivity index (χ3v) is 8.12. The molecule has 1 heterocycles. The lowest BCUT2D eigenvalue weighted by atomic mass is 10.1. The molecule has 0 bridgehead atoms. The second-order valence-electron chi connectivity index (χ2n) is 6.62. The summed E-state index contributed by atoms with van der Waals surface area (Å²) in [7, 11) is -7.36. The molecule has 0 radical (unpaired) electrons. The number of anilines is 1. The summed E-state index contributed by atoms with van der Waals surface area (Å²) in [6.45, 7) is 1.79. The SMILES string of the molecule is CC[C@H](NS(=O)(=O)c1nnc(NC(=O)c2ccccc2)s1)c1ccc(S(C)(=O)=O)cc1. The number of aromatic nitrogens is 2. The van der Waals surface area contributed by atoms with E-state index in [0.29, 0.717) is 17.5 Å². The first-order chi connectivity index (χ1) is 14.6. The van der Waals surface area contributed by atoms with Crippen LogP contribution in [0.5, 0.6) is 0 Å². The molecule has 0 saturated heterocycles. The summed E-state index contributed by atoms with van der Waals surface area (Å²) >= 11 is 0.732. The largest absolute Gasteiger partial charge is 0.296 e. The predicted molar refractivity (Wildman–Crippen MR) is 117 cm³/mol. The Morgan fingerprint density at radius 1 is 1.00 bits per heavy atom. The molecule has 9 nitrogen and oxygen atoms in total. The zero-order valence-corrected chi connectivity index (χ0v) is 19.1. The Morgan fingerprint density at radius 2 is 1.65 bits per heavy atom. The lowest BCUT2D eigenvalue weighted by molar-refractivity contribution is 0.102. The number of carbonyl (C=O) groups is 1. The quantitative estimate of drug-likeness (QED) is 0.473. The van der Waals surface area contributed by atoms with Crippen molar-refractivity contribution in [2.45, 2.75) is 28.6 Å². The Bertz CT molecular complexity index is 1270. The van der Waals surface area contributed by atoms with E-state index in [9.17, 15) is 21.6 Å². The van der Waals surface area contributed by atoms with E-state index < -0.39 is 31.8 Å². The molecule has 0 aliphatic carbocycles. The van der Waals surface area contributed by atoms with Gasteiger partial charge in [0.25, 0.3) is 15.9 Å². The first-order valence-electron chi connectivity index (χ1n) is 9.12. The van der Waals surface area contributed by atoms with E-state index in [1.54, 1.807) is 49.4 Å². The summed E-state index contributed by atoms with van der Waals surface area (Å²) in [4.78, 5) is 12.3. The van der Waals surface area contributed by atoms with Gasteiger partial charge in [-0.1, -0.05) is 48.6 Å². The van der Waals surface area contributed by atoms with Gasteiger partial charge in [-0.25, -0.2) is 21.6 Å². The Balaban J connectivity index is 1.74. The van der Waals surface area contributed by atoms with Gasteiger partial charge in [0.05, 0.1) is 4.90 Å². The fourth-order valence-electron chi connectivity index (χ4n) is 2.70. The Morgan fingerprint density at radius 3 is 2.23 bits per heavy atom. The molecule has 0 saturated carbocycles. The maximum Gasteiger partial charge on any atom is 0.270 e. The second-order valence-corrected chi connectivity index (χ2v) is 11.5. The Hall–Kier alpha value is -2.67. The zero-order valence-electron chi connectivity index (χ0n) is 16.6. The number of benzene rings is 2. The lowest BCUT2D eigenvalue weighted by Crippen LogP contribution is -2.28. The van der Waals surface area contributed by atoms with Gasteiger partial charge in [-0.15, -0.1) is 10.2 Å². The van der Waals surface area contributed by atoms with Crippen LogP contribution in [0.3, 0.4) is 0 Å². The topological polar surface area (TPSA) is 135 Å². The van der Waals surface area contributed by atoms with Gasteiger partial charge in [0.15, 0.2) is 9.84 Å². The average Bonchev–Trinajstić information content (AvgIpc) is 3.21. The minimum absolute atomic E-state index is 0.0554. The van der Waals surface area contributed by atoms with Crippen LogP contribution in [-0.4, -0.2) is 39.2 Å². The van der Waals surface area contributed by atoms with Crippen LogP contribution >= 0.6 is 11.3 Å². The number of rotatable bonds is 8. The van der Waals surface area contributed by atoms with Crippen molar-refractivity contribution in [2.24, 2.45) is 0 Å². The highest BCUT2D eigenvalue weighted by atomic mass is 32.2. The van der Waals surface area contributed by atoms with Crippen LogP contribution in [0, 0.1) is 0 Å². The molecular formula is C19H20N4O5S3. The maximum atomic E-state index is 12.8. The molecule has 1 amide bonds. The second kappa shape index (κ2) is 9.22. The Kier molecular flexibility index (Phi) is 6.84. The number of sulfonamides is 1. The summed E-state index contributed by atoms with van der Waals surface area (Å²) in [6, 6.07) is 13.9. The molecule has 3 rings (SSSR count). The highest BCUT2D eigenvalue weighted by Gasteiger charge is 2.25. The first-order valence-corrected chi connectivity index (χ1v) is 13.3. The van der Waals surface area contributed by atoms with Gasteiger partial charge >= 0.3 is 0 Å². The summed E-state index contributed by atoms with van der Waals surface area (Å²) in [6.07, 6.45) is 1.53. The van der Waals surface area contributed by atoms with Gasteiger partial charge in [0.1, 0.15) is 0 Å². The van der Waals surface area contributed by atoms with Crippen molar-refractivity contribution in [3.8, 4) is 0 Å². The fraction of sp³-hybridized carbons (Fsp3) is 0.211. The number of nitrogens with zero attached hydrogens (tertiary/aromatic N) is 2. The molecule has 3 aromatic rings. The van der Waals surface area contributed by atoms with Crippen molar-refractivity contribution >= 4 is 42.2 Å². The third-order valence-electron chi connectivity index (χ3n) is 4.31. The van der Waals surface area contributed by atoms with Gasteiger partial charge in [0, 0.05) is 17.9 Å². The van der Waals surface area contributed by atoms with Crippen molar-refractivity contribution in [2.75, 3.05) is 11.6 Å². The van der Waals surface area contributed by atoms with E-state index in [2.05, 4.69) is 20.2 Å². The predicted octanol–water partition coefficient (Wildman–Crippen LogP) is 2.62. The van der Waals surface area contributed by atoms with Crippen LogP contribution in [0.1, 0.15) is 35.3 Å². The van der Waals surface area contributed by atoms with Gasteiger partial charge < -0.3 is 0 Å². The van der Waals surface area contributed by atoms with E-state index >= 15 is 0 Å². The standard InChI is InChI=1S/C19H20N4O5S3/c1-3-16(13-9-11-15(12-10-13)30(2,25)26)23-31(27,28)19-22-21-18(29-19)20-17(24)14-7-5-4-6-8-14/h4-12,16,23H,3H2,1-2H3,(H,20,21,24)/t16-/m0/s1. The molecule has 12 heteroatoms. The number of carbonyl (C=O) groups excluding carboxylic acids is 1. The van der Waals surface area contributed by atoms with E-state index in [-0.39, 0.29) is 14.4 Å². The highest BCUT2D eigenvalue weighted by Crippen LogP contribution is 2.25. The third kappa shape index (κ3) is 5.73. The van der Waals surface area contributed by atoms with Crippen LogP contribution in [0.15, 0.2) is 63.8 Å². The average molecular weight is 481 g/mol. The molecule has 2 N–H and O–H groups in total. The number of sulfone groups is 1. The van der Waals surface area contributed by atoms with E-state index in [1.165, 1.54) is 12.1 Å². The summed E-state index contributed by atoms with van der Waals surface area (Å²) in [5.74, 6) is -0.425. The maximum absolute atomic E-state index is 12.8. The molecule has 0 aliphatic heterocycles. The van der Waals surface area contributed by atoms with E-state index in [0.717, 1.165) is 17.6 Å². The van der Waals surface area contributed by atoms with Crippen LogP contribution in [0.4, 0.5) is 5.13 Å². The molecule has 31 heavy (non-hydrogen) atoms. The highest BCUT2D eigenvalue weighted by molar-refractivity contribution is 7.91. The van der Waals surface area contributed by atoms with Crippen molar-refractivity contribution < 1.29 is 21.6 Å². The minimum atomic E-state index is -4.01. The summed E-state index contributed by atoms with van der Waals surface area (Å²) < 4.78 is 51.0. The number of hydrogen-bond acceptors (Lipinski definition) is 8. The number of nitrogens with one attached hydrogen (secondary N) is 2. The van der Waals surface area contributed by atoms with Gasteiger partial charge in [0.2, 0.25) is 9.47 Å². The molecule has 1 aromatic heterocycles. The van der Waals surface area contributed by atoms with Crippen molar-refractivity contribution in [3.05, 3.63) is 65.7 Å². The molecule has 164 valence electrons. The fourth-order valence-corrected chi connectivity index (χ4v) is 5.55. The van der Waals surface area contributed by atoms with Crippen LogP contribution in [0.25, 0.3) is 0 Å². The van der Waals surface area contributed by atoms with E-state index in [1.807, 2.05) is 0 Å². The van der Waals surface area contributed by atoms with Gasteiger partial charge in [-0.05, 0) is 36.2 Å². The van der Waals surface area contributed by atoms with E-state index in [4.69, 9.17) is 0 Å². The molecule has 1 atom stereocenters. The number of hydrogen-bond donors (Lipinski definition) is 2. The molecule has 0 aliphatic rings. The van der Waals surface area contributed by atoms with Crippen LogP contribution in [0.2, 0.25) is 0 Å². The smallest absolute Gasteiger partial charge is 0.270 e. The van der Waals surface area contributed by atoms with Crippen molar-refractivity contribution in [1.82, 2.24) is 14.9 Å². The number of amides is 1. The summed E-state index contributed by atoms with van der Waals surface area (Å²) in [5, 5.41) is 10.0. The molecule has 2 aromatic carbocycles. The Labute approximate surface area is 184 Å². The van der Waals surface area contributed by atoms with Crippen LogP contribution in [-0.2, 0) is 19.9 Å². The summed E-state index contributed by atoms with van der Waals surface area (Å²) in [5.41, 5.74) is 1.02. The first kappa shape index (κ1) is 23.0. The molecular weight excluding hydrogens is 460 g/mol. The normalized spacial score (nSPS) is 13.0. The lowest BCUT2D eigenvalue weighted by Gasteiger charge is -2.16.